The van der Waals surface area contributed by atoms with Crippen molar-refractivity contribution in [2.24, 2.45) is 11.3 Å². The molecule has 1 aliphatic heterocycles. The Morgan fingerprint density at radius 1 is 1.64 bits per heavy atom. The van der Waals surface area contributed by atoms with Crippen molar-refractivity contribution >= 4 is 12.3 Å². The summed E-state index contributed by atoms with van der Waals surface area (Å²) in [4.78, 5) is 23.4. The van der Waals surface area contributed by atoms with Crippen molar-refractivity contribution in [3.63, 3.8) is 0 Å². The van der Waals surface area contributed by atoms with E-state index in [2.05, 4.69) is 26.1 Å². The molecule has 0 aromatic carbocycles. The number of likely N-dealkylation sites (tertiary alicyclic amines) is 1. The van der Waals surface area contributed by atoms with Crippen molar-refractivity contribution in [3.05, 3.63) is 0 Å². The number of amides is 2. The summed E-state index contributed by atoms with van der Waals surface area (Å²) < 4.78 is 0. The summed E-state index contributed by atoms with van der Waals surface area (Å²) in [5, 5.41) is 2.40. The second-order valence-corrected chi connectivity index (χ2v) is 4.66. The molecule has 1 saturated heterocycles. The zero-order valence-electron chi connectivity index (χ0n) is 9.04. The fourth-order valence-corrected chi connectivity index (χ4v) is 1.72. The molecular formula is C10H18N2O2. The van der Waals surface area contributed by atoms with E-state index in [1.807, 2.05) is 4.90 Å². The highest BCUT2D eigenvalue weighted by Gasteiger charge is 2.37. The first-order valence-corrected chi connectivity index (χ1v) is 4.92. The van der Waals surface area contributed by atoms with Crippen LogP contribution in [0.4, 0.5) is 0 Å². The van der Waals surface area contributed by atoms with Crippen LogP contribution < -0.4 is 5.32 Å². The van der Waals surface area contributed by atoms with Crippen LogP contribution in [0.5, 0.6) is 0 Å². The van der Waals surface area contributed by atoms with Crippen LogP contribution in [0.25, 0.3) is 0 Å². The van der Waals surface area contributed by atoms with E-state index in [4.69, 9.17) is 0 Å². The third-order valence-corrected chi connectivity index (χ3v) is 3.12. The van der Waals surface area contributed by atoms with Crippen LogP contribution in [0.3, 0.4) is 0 Å². The van der Waals surface area contributed by atoms with Gasteiger partial charge in [0.25, 0.3) is 0 Å². The zero-order chi connectivity index (χ0) is 10.8. The molecular weight excluding hydrogens is 180 g/mol. The number of carbonyl (C=O) groups excluding carboxylic acids is 2. The second kappa shape index (κ2) is 3.98. The van der Waals surface area contributed by atoms with E-state index in [1.165, 1.54) is 0 Å². The molecule has 1 fully saturated rings. The molecule has 1 heterocycles. The van der Waals surface area contributed by atoms with Gasteiger partial charge in [0.15, 0.2) is 0 Å². The third kappa shape index (κ3) is 2.25. The van der Waals surface area contributed by atoms with Crippen molar-refractivity contribution in [3.8, 4) is 0 Å². The minimum Gasteiger partial charge on any atom is -0.350 e. The Balaban J connectivity index is 2.49. The summed E-state index contributed by atoms with van der Waals surface area (Å²) in [6, 6.07) is 0. The van der Waals surface area contributed by atoms with Gasteiger partial charge in [-0.25, -0.2) is 0 Å². The van der Waals surface area contributed by atoms with Gasteiger partial charge in [-0.15, -0.1) is 0 Å². The minimum absolute atomic E-state index is 0.00882. The average molecular weight is 198 g/mol. The smallest absolute Gasteiger partial charge is 0.241 e. The van der Waals surface area contributed by atoms with Gasteiger partial charge in [0, 0.05) is 13.1 Å². The lowest BCUT2D eigenvalue weighted by Crippen LogP contribution is -2.37. The van der Waals surface area contributed by atoms with Gasteiger partial charge in [-0.1, -0.05) is 20.8 Å². The van der Waals surface area contributed by atoms with Crippen LogP contribution in [-0.2, 0) is 9.59 Å². The maximum absolute atomic E-state index is 11.5. The SMILES string of the molecule is CC1CN(C(=O)CNC=O)CC1(C)C. The maximum Gasteiger partial charge on any atom is 0.241 e. The fourth-order valence-electron chi connectivity index (χ4n) is 1.72. The van der Waals surface area contributed by atoms with Crippen molar-refractivity contribution in [2.75, 3.05) is 19.6 Å². The van der Waals surface area contributed by atoms with Gasteiger partial charge in [0.2, 0.25) is 12.3 Å². The van der Waals surface area contributed by atoms with Crippen LogP contribution in [-0.4, -0.2) is 36.9 Å². The summed E-state index contributed by atoms with van der Waals surface area (Å²) in [7, 11) is 0. The molecule has 1 atom stereocenters. The van der Waals surface area contributed by atoms with Gasteiger partial charge in [0.1, 0.15) is 0 Å². The number of carbonyl (C=O) groups is 2. The van der Waals surface area contributed by atoms with Gasteiger partial charge in [-0.2, -0.15) is 0 Å². The lowest BCUT2D eigenvalue weighted by Gasteiger charge is -2.21. The van der Waals surface area contributed by atoms with Crippen molar-refractivity contribution in [1.29, 1.82) is 0 Å². The Morgan fingerprint density at radius 2 is 2.29 bits per heavy atom. The summed E-state index contributed by atoms with van der Waals surface area (Å²) in [6.45, 7) is 8.18. The van der Waals surface area contributed by atoms with Gasteiger partial charge in [-0.3, -0.25) is 9.59 Å². The fraction of sp³-hybridized carbons (Fsp3) is 0.800. The Morgan fingerprint density at radius 3 is 2.71 bits per heavy atom. The Labute approximate surface area is 84.7 Å². The topological polar surface area (TPSA) is 49.4 Å². The molecule has 0 spiro atoms. The number of rotatable bonds is 3. The van der Waals surface area contributed by atoms with E-state index in [0.717, 1.165) is 13.1 Å². The highest BCUT2D eigenvalue weighted by atomic mass is 16.2. The number of hydrogen-bond acceptors (Lipinski definition) is 2. The highest BCUT2D eigenvalue weighted by molar-refractivity contribution is 5.80. The molecule has 1 N–H and O–H groups in total. The van der Waals surface area contributed by atoms with Crippen LogP contribution in [0, 0.1) is 11.3 Å². The molecule has 0 bridgehead atoms. The van der Waals surface area contributed by atoms with Crippen molar-refractivity contribution in [1.82, 2.24) is 10.2 Å². The molecule has 80 valence electrons. The predicted molar refractivity (Wildman–Crippen MR) is 53.6 cm³/mol. The van der Waals surface area contributed by atoms with E-state index >= 15 is 0 Å². The van der Waals surface area contributed by atoms with E-state index < -0.39 is 0 Å². The summed E-state index contributed by atoms with van der Waals surface area (Å²) in [6.07, 6.45) is 0.558. The van der Waals surface area contributed by atoms with Crippen LogP contribution in [0.15, 0.2) is 0 Å². The first kappa shape index (κ1) is 11.0. The number of nitrogens with zero attached hydrogens (tertiary/aromatic N) is 1. The highest BCUT2D eigenvalue weighted by Crippen LogP contribution is 2.34. The molecule has 1 unspecified atom stereocenters. The molecule has 1 rings (SSSR count). The summed E-state index contributed by atoms with van der Waals surface area (Å²) >= 11 is 0. The standard InChI is InChI=1S/C10H18N2O2/c1-8-5-12(6-10(8,2)3)9(14)4-11-7-13/h7-8H,4-6H2,1-3H3,(H,11,13). The van der Waals surface area contributed by atoms with Crippen LogP contribution in [0.2, 0.25) is 0 Å². The van der Waals surface area contributed by atoms with E-state index in [1.54, 1.807) is 0 Å². The Hall–Kier alpha value is -1.06. The van der Waals surface area contributed by atoms with E-state index in [9.17, 15) is 9.59 Å². The molecule has 4 heteroatoms. The molecule has 2 amide bonds. The Kier molecular flexibility index (Phi) is 3.13. The molecule has 0 aromatic heterocycles. The number of nitrogens with one attached hydrogen (secondary N) is 1. The maximum atomic E-state index is 11.5. The molecule has 4 nitrogen and oxygen atoms in total. The van der Waals surface area contributed by atoms with E-state index in [-0.39, 0.29) is 17.9 Å². The predicted octanol–water partition coefficient (Wildman–Crippen LogP) is 0.237. The van der Waals surface area contributed by atoms with Crippen LogP contribution in [0.1, 0.15) is 20.8 Å². The first-order chi connectivity index (χ1) is 6.47. The van der Waals surface area contributed by atoms with Crippen LogP contribution >= 0.6 is 0 Å². The average Bonchev–Trinajstić information content (AvgIpc) is 2.37. The molecule has 1 aliphatic rings. The monoisotopic (exact) mass is 198 g/mol. The molecule has 0 saturated carbocycles. The largest absolute Gasteiger partial charge is 0.350 e. The second-order valence-electron chi connectivity index (χ2n) is 4.66. The summed E-state index contributed by atoms with van der Waals surface area (Å²) in [5.74, 6) is 0.525. The van der Waals surface area contributed by atoms with Crippen molar-refractivity contribution in [2.45, 2.75) is 20.8 Å². The zero-order valence-corrected chi connectivity index (χ0v) is 9.04. The van der Waals surface area contributed by atoms with Gasteiger partial charge in [0.05, 0.1) is 6.54 Å². The first-order valence-electron chi connectivity index (χ1n) is 4.92. The van der Waals surface area contributed by atoms with Gasteiger partial charge < -0.3 is 10.2 Å². The molecule has 0 aliphatic carbocycles. The molecule has 0 radical (unpaired) electrons. The quantitative estimate of drug-likeness (QED) is 0.660. The van der Waals surface area contributed by atoms with Gasteiger partial charge >= 0.3 is 0 Å². The lowest BCUT2D eigenvalue weighted by molar-refractivity contribution is -0.130. The molecule has 14 heavy (non-hydrogen) atoms. The minimum atomic E-state index is 0.00882. The molecule has 0 aromatic rings. The van der Waals surface area contributed by atoms with Crippen molar-refractivity contribution < 1.29 is 9.59 Å². The lowest BCUT2D eigenvalue weighted by atomic mass is 9.84. The van der Waals surface area contributed by atoms with Gasteiger partial charge in [-0.05, 0) is 11.3 Å². The summed E-state index contributed by atoms with van der Waals surface area (Å²) in [5.41, 5.74) is 0.191. The third-order valence-electron chi connectivity index (χ3n) is 3.12. The number of hydrogen-bond donors (Lipinski definition) is 1. The van der Waals surface area contributed by atoms with E-state index in [0.29, 0.717) is 12.3 Å². The normalized spacial score (nSPS) is 24.8. The Bertz CT molecular complexity index is 238.